The number of alkyl halides is 3. The van der Waals surface area contributed by atoms with Crippen molar-refractivity contribution in [2.75, 3.05) is 36.5 Å². The Balaban J connectivity index is 1.41. The fourth-order valence-corrected chi connectivity index (χ4v) is 3.23. The fourth-order valence-electron chi connectivity index (χ4n) is 3.23. The number of nitrogens with one attached hydrogen (secondary N) is 1. The van der Waals surface area contributed by atoms with Gasteiger partial charge in [0.1, 0.15) is 12.2 Å². The lowest BCUT2D eigenvalue weighted by molar-refractivity contribution is -0.137. The molecule has 3 heterocycles. The van der Waals surface area contributed by atoms with Crippen molar-refractivity contribution in [3.8, 4) is 0 Å². The molecule has 13 heteroatoms. The number of hydrogen-bond donors (Lipinski definition) is 1. The predicted molar refractivity (Wildman–Crippen MR) is 117 cm³/mol. The van der Waals surface area contributed by atoms with Crippen LogP contribution in [0.4, 0.5) is 35.0 Å². The summed E-state index contributed by atoms with van der Waals surface area (Å²) in [6.07, 6.45) is -3.51. The summed E-state index contributed by atoms with van der Waals surface area (Å²) in [7, 11) is 0. The van der Waals surface area contributed by atoms with Gasteiger partial charge in [0.25, 0.3) is 11.9 Å². The molecule has 0 spiro atoms. The van der Waals surface area contributed by atoms with E-state index >= 15 is 0 Å². The highest BCUT2D eigenvalue weighted by Crippen LogP contribution is 2.30. The largest absolute Gasteiger partial charge is 0.416 e. The number of amides is 1. The number of carbonyl (C=O) groups is 1. The van der Waals surface area contributed by atoms with Gasteiger partial charge in [-0.1, -0.05) is 12.1 Å². The molecule has 4 rings (SSSR count). The molecule has 0 bridgehead atoms. The molecule has 182 valence electrons. The second kappa shape index (κ2) is 10.5. The highest BCUT2D eigenvalue weighted by molar-refractivity contribution is 6.02. The summed E-state index contributed by atoms with van der Waals surface area (Å²) in [5, 5.41) is 10.3. The summed E-state index contributed by atoms with van der Waals surface area (Å²) in [6, 6.07) is 8.87. The van der Waals surface area contributed by atoms with E-state index in [2.05, 4.69) is 30.5 Å². The Morgan fingerprint density at radius 3 is 2.66 bits per heavy atom. The smallest absolute Gasteiger partial charge is 0.378 e. The number of morpholine rings is 1. The maximum Gasteiger partial charge on any atom is 0.416 e. The minimum Gasteiger partial charge on any atom is -0.378 e. The van der Waals surface area contributed by atoms with Crippen molar-refractivity contribution in [2.45, 2.75) is 12.7 Å². The van der Waals surface area contributed by atoms with E-state index in [0.717, 1.165) is 18.3 Å². The van der Waals surface area contributed by atoms with E-state index < -0.39 is 23.5 Å². The number of halogens is 4. The van der Waals surface area contributed by atoms with Crippen LogP contribution in [0.25, 0.3) is 0 Å². The molecule has 2 aromatic heterocycles. The molecule has 0 atom stereocenters. The van der Waals surface area contributed by atoms with Crippen molar-refractivity contribution >= 4 is 23.4 Å². The van der Waals surface area contributed by atoms with Gasteiger partial charge in [0.05, 0.1) is 30.7 Å². The highest BCUT2D eigenvalue weighted by Gasteiger charge is 2.30. The molecule has 0 unspecified atom stereocenters. The molecule has 1 saturated heterocycles. The lowest BCUT2D eigenvalue weighted by atomic mass is 10.2. The third-order valence-corrected chi connectivity index (χ3v) is 4.90. The molecule has 1 aliphatic rings. The SMILES string of the molecule is O=C(Nc1cccc(C(F)(F)F)c1)c1cccc(CN=Nc2ncc(F)c(N3CCOCC3)n2)n1. The third kappa shape index (κ3) is 6.32. The molecular weight excluding hydrogens is 470 g/mol. The summed E-state index contributed by atoms with van der Waals surface area (Å²) < 4.78 is 58.0. The van der Waals surface area contributed by atoms with Crippen molar-refractivity contribution in [3.63, 3.8) is 0 Å². The average molecular weight is 489 g/mol. The van der Waals surface area contributed by atoms with Crippen LogP contribution in [0.1, 0.15) is 21.7 Å². The number of carbonyl (C=O) groups excluding carboxylic acids is 1. The number of benzene rings is 1. The van der Waals surface area contributed by atoms with Crippen LogP contribution in [-0.4, -0.2) is 47.2 Å². The molecule has 1 amide bonds. The Morgan fingerprint density at radius 1 is 1.11 bits per heavy atom. The average Bonchev–Trinajstić information content (AvgIpc) is 2.85. The minimum absolute atomic E-state index is 0.0113. The van der Waals surface area contributed by atoms with Gasteiger partial charge in [-0.25, -0.2) is 14.4 Å². The van der Waals surface area contributed by atoms with Crippen LogP contribution in [-0.2, 0) is 17.5 Å². The lowest BCUT2D eigenvalue weighted by Crippen LogP contribution is -2.37. The van der Waals surface area contributed by atoms with E-state index in [0.29, 0.717) is 32.0 Å². The summed E-state index contributed by atoms with van der Waals surface area (Å²) in [6.45, 7) is 1.87. The van der Waals surface area contributed by atoms with Crippen molar-refractivity contribution in [2.24, 2.45) is 10.2 Å². The zero-order valence-corrected chi connectivity index (χ0v) is 18.2. The number of hydrogen-bond acceptors (Lipinski definition) is 8. The summed E-state index contributed by atoms with van der Waals surface area (Å²) >= 11 is 0. The first-order valence-electron chi connectivity index (χ1n) is 10.5. The van der Waals surface area contributed by atoms with Gasteiger partial charge in [0.15, 0.2) is 11.6 Å². The van der Waals surface area contributed by atoms with Crippen LogP contribution in [0, 0.1) is 5.82 Å². The molecule has 3 aromatic rings. The number of anilines is 2. The number of nitrogens with zero attached hydrogens (tertiary/aromatic N) is 6. The Bertz CT molecular complexity index is 1230. The van der Waals surface area contributed by atoms with Gasteiger partial charge in [-0.3, -0.25) is 4.79 Å². The van der Waals surface area contributed by atoms with E-state index in [4.69, 9.17) is 4.74 Å². The van der Waals surface area contributed by atoms with E-state index in [1.807, 2.05) is 0 Å². The molecule has 1 aliphatic heterocycles. The number of aromatic nitrogens is 3. The minimum atomic E-state index is -4.53. The van der Waals surface area contributed by atoms with Crippen LogP contribution in [0.15, 0.2) is 58.9 Å². The number of rotatable bonds is 6. The quantitative estimate of drug-likeness (QED) is 0.407. The standard InChI is InChI=1S/C22H19F4N7O2/c23-17-13-27-21(31-19(17)33-7-9-35-10-8-33)32-28-12-16-5-2-6-18(29-16)20(34)30-15-4-1-3-14(11-15)22(24,25)26/h1-6,11,13H,7-10,12H2,(H,30,34). The molecule has 0 aliphatic carbocycles. The van der Waals surface area contributed by atoms with E-state index in [1.54, 1.807) is 17.0 Å². The van der Waals surface area contributed by atoms with Crippen LogP contribution >= 0.6 is 0 Å². The maximum absolute atomic E-state index is 14.1. The van der Waals surface area contributed by atoms with Crippen LogP contribution in [0.5, 0.6) is 0 Å². The van der Waals surface area contributed by atoms with Gasteiger partial charge in [0.2, 0.25) is 0 Å². The van der Waals surface area contributed by atoms with Crippen molar-refractivity contribution in [3.05, 3.63) is 71.4 Å². The first-order chi connectivity index (χ1) is 16.8. The zero-order valence-electron chi connectivity index (χ0n) is 18.2. The summed E-state index contributed by atoms with van der Waals surface area (Å²) in [4.78, 5) is 26.3. The molecule has 1 N–H and O–H groups in total. The van der Waals surface area contributed by atoms with Crippen molar-refractivity contribution in [1.29, 1.82) is 0 Å². The summed E-state index contributed by atoms with van der Waals surface area (Å²) in [5.74, 6) is -1.18. The van der Waals surface area contributed by atoms with Gasteiger partial charge < -0.3 is 15.0 Å². The topological polar surface area (TPSA) is 105 Å². The summed E-state index contributed by atoms with van der Waals surface area (Å²) in [5.41, 5.74) is -0.526. The fraction of sp³-hybridized carbons (Fsp3) is 0.273. The normalized spacial score (nSPS) is 14.3. The van der Waals surface area contributed by atoms with Crippen LogP contribution < -0.4 is 10.2 Å². The Labute approximate surface area is 196 Å². The molecule has 9 nitrogen and oxygen atoms in total. The Hall–Kier alpha value is -4.00. The third-order valence-electron chi connectivity index (χ3n) is 4.90. The molecule has 1 aromatic carbocycles. The number of azo groups is 1. The molecule has 0 radical (unpaired) electrons. The molecule has 35 heavy (non-hydrogen) atoms. The van der Waals surface area contributed by atoms with Crippen molar-refractivity contribution in [1.82, 2.24) is 15.0 Å². The van der Waals surface area contributed by atoms with Gasteiger partial charge >= 0.3 is 6.18 Å². The van der Waals surface area contributed by atoms with E-state index in [-0.39, 0.29) is 29.7 Å². The lowest BCUT2D eigenvalue weighted by Gasteiger charge is -2.27. The van der Waals surface area contributed by atoms with Gasteiger partial charge in [-0.05, 0) is 30.3 Å². The monoisotopic (exact) mass is 489 g/mol. The Morgan fingerprint density at radius 2 is 1.89 bits per heavy atom. The molecular formula is C22H19F4N7O2. The van der Waals surface area contributed by atoms with Gasteiger partial charge in [-0.2, -0.15) is 23.3 Å². The number of pyridine rings is 1. The Kier molecular flexibility index (Phi) is 7.25. The van der Waals surface area contributed by atoms with Crippen molar-refractivity contribution < 1.29 is 27.1 Å². The number of ether oxygens (including phenoxy) is 1. The maximum atomic E-state index is 14.1. The predicted octanol–water partition coefficient (Wildman–Crippen LogP) is 4.40. The first kappa shape index (κ1) is 24.1. The zero-order chi connectivity index (χ0) is 24.8. The van der Waals surface area contributed by atoms with Crippen LogP contribution in [0.2, 0.25) is 0 Å². The second-order valence-electron chi connectivity index (χ2n) is 7.39. The first-order valence-corrected chi connectivity index (χ1v) is 10.5. The van der Waals surface area contributed by atoms with Gasteiger partial charge in [0, 0.05) is 18.8 Å². The van der Waals surface area contributed by atoms with E-state index in [9.17, 15) is 22.4 Å². The highest BCUT2D eigenvalue weighted by atomic mass is 19.4. The molecule has 1 fully saturated rings. The van der Waals surface area contributed by atoms with Crippen LogP contribution in [0.3, 0.4) is 0 Å². The van der Waals surface area contributed by atoms with Gasteiger partial charge in [-0.15, -0.1) is 5.11 Å². The second-order valence-corrected chi connectivity index (χ2v) is 7.39. The van der Waals surface area contributed by atoms with E-state index in [1.165, 1.54) is 18.2 Å². The molecule has 0 saturated carbocycles.